The average Bonchev–Trinajstić information content (AvgIpc) is 2.89. The molecular formula is C17H23N3O2. The maximum absolute atomic E-state index is 12.2. The number of likely N-dealkylation sites (tertiary alicyclic amines) is 1. The molecule has 0 radical (unpaired) electrons. The van der Waals surface area contributed by atoms with Crippen molar-refractivity contribution in [3.05, 3.63) is 35.9 Å². The molecule has 1 amide bonds. The first-order valence-corrected chi connectivity index (χ1v) is 7.80. The predicted octanol–water partition coefficient (Wildman–Crippen LogP) is 2.41. The van der Waals surface area contributed by atoms with Gasteiger partial charge < -0.3 is 15.0 Å². The maximum Gasteiger partial charge on any atom is 0.410 e. The van der Waals surface area contributed by atoms with Crippen LogP contribution in [0, 0.1) is 0 Å². The van der Waals surface area contributed by atoms with E-state index in [1.807, 2.05) is 39.0 Å². The Morgan fingerprint density at radius 2 is 2.05 bits per heavy atom. The lowest BCUT2D eigenvalue weighted by atomic mass is 10.0. The van der Waals surface area contributed by atoms with Crippen LogP contribution in [-0.2, 0) is 4.74 Å². The van der Waals surface area contributed by atoms with Gasteiger partial charge >= 0.3 is 6.09 Å². The van der Waals surface area contributed by atoms with Gasteiger partial charge in [0.1, 0.15) is 11.4 Å². The normalized spacial score (nSPS) is 24.3. The minimum absolute atomic E-state index is 0.177. The van der Waals surface area contributed by atoms with Crippen molar-refractivity contribution >= 4 is 11.9 Å². The van der Waals surface area contributed by atoms with Crippen molar-refractivity contribution in [2.75, 3.05) is 13.1 Å². The molecule has 1 N–H and O–H groups in total. The van der Waals surface area contributed by atoms with Crippen molar-refractivity contribution in [3.8, 4) is 0 Å². The molecular weight excluding hydrogens is 278 g/mol. The van der Waals surface area contributed by atoms with Crippen LogP contribution in [0.5, 0.6) is 0 Å². The number of aliphatic imine (C=N–C) groups is 1. The summed E-state index contributed by atoms with van der Waals surface area (Å²) >= 11 is 0. The van der Waals surface area contributed by atoms with Gasteiger partial charge in [0, 0.05) is 18.7 Å². The van der Waals surface area contributed by atoms with E-state index in [0.29, 0.717) is 13.1 Å². The van der Waals surface area contributed by atoms with Crippen LogP contribution >= 0.6 is 0 Å². The van der Waals surface area contributed by atoms with E-state index in [9.17, 15) is 4.79 Å². The summed E-state index contributed by atoms with van der Waals surface area (Å²) < 4.78 is 5.46. The SMILES string of the molecule is CC(C)(C)OC(=O)N1CCC2N=C(c3ccccc3)NC2C1. The van der Waals surface area contributed by atoms with E-state index in [0.717, 1.165) is 17.8 Å². The van der Waals surface area contributed by atoms with Gasteiger partial charge in [0.05, 0.1) is 12.1 Å². The molecule has 0 aromatic heterocycles. The highest BCUT2D eigenvalue weighted by molar-refractivity contribution is 6.00. The number of piperidine rings is 1. The van der Waals surface area contributed by atoms with E-state index in [1.54, 1.807) is 4.90 Å². The summed E-state index contributed by atoms with van der Waals surface area (Å²) in [4.78, 5) is 18.7. The van der Waals surface area contributed by atoms with E-state index in [1.165, 1.54) is 0 Å². The third-order valence-corrected chi connectivity index (χ3v) is 3.89. The quantitative estimate of drug-likeness (QED) is 0.866. The van der Waals surface area contributed by atoms with Gasteiger partial charge in [0.15, 0.2) is 0 Å². The molecule has 1 saturated heterocycles. The van der Waals surface area contributed by atoms with Crippen LogP contribution in [0.25, 0.3) is 0 Å². The zero-order chi connectivity index (χ0) is 15.7. The number of benzene rings is 1. The smallest absolute Gasteiger partial charge is 0.410 e. The molecule has 3 rings (SSSR count). The molecule has 0 spiro atoms. The summed E-state index contributed by atoms with van der Waals surface area (Å²) in [5, 5.41) is 3.46. The van der Waals surface area contributed by atoms with Gasteiger partial charge in [-0.3, -0.25) is 4.99 Å². The number of hydrogen-bond acceptors (Lipinski definition) is 4. The first kappa shape index (κ1) is 14.9. The fraction of sp³-hybridized carbons (Fsp3) is 0.529. The van der Waals surface area contributed by atoms with Crippen LogP contribution in [0.1, 0.15) is 32.8 Å². The summed E-state index contributed by atoms with van der Waals surface area (Å²) in [7, 11) is 0. The Labute approximate surface area is 131 Å². The van der Waals surface area contributed by atoms with Gasteiger partial charge in [0.2, 0.25) is 0 Å². The number of hydrogen-bond donors (Lipinski definition) is 1. The van der Waals surface area contributed by atoms with Crippen LogP contribution in [0.4, 0.5) is 4.79 Å². The molecule has 5 heteroatoms. The Balaban J connectivity index is 1.64. The van der Waals surface area contributed by atoms with Crippen molar-refractivity contribution in [3.63, 3.8) is 0 Å². The lowest BCUT2D eigenvalue weighted by Crippen LogP contribution is -2.53. The van der Waals surface area contributed by atoms with Gasteiger partial charge in [-0.05, 0) is 27.2 Å². The molecule has 1 aromatic rings. The first-order valence-electron chi connectivity index (χ1n) is 7.80. The van der Waals surface area contributed by atoms with Gasteiger partial charge in [-0.2, -0.15) is 0 Å². The standard InChI is InChI=1S/C17H23N3O2/c1-17(2,3)22-16(21)20-10-9-13-14(11-20)19-15(18-13)12-7-5-4-6-8-12/h4-8,13-14H,9-11H2,1-3H3,(H,18,19). The topological polar surface area (TPSA) is 53.9 Å². The Morgan fingerprint density at radius 3 is 2.73 bits per heavy atom. The second-order valence-electron chi connectivity index (χ2n) is 6.88. The highest BCUT2D eigenvalue weighted by Gasteiger charge is 2.37. The number of carbonyl (C=O) groups is 1. The van der Waals surface area contributed by atoms with Crippen molar-refractivity contribution in [1.82, 2.24) is 10.2 Å². The third kappa shape index (κ3) is 3.24. The number of carbonyl (C=O) groups excluding carboxylic acids is 1. The molecule has 2 aliphatic heterocycles. The minimum Gasteiger partial charge on any atom is -0.444 e. The number of nitrogens with one attached hydrogen (secondary N) is 1. The largest absolute Gasteiger partial charge is 0.444 e. The lowest BCUT2D eigenvalue weighted by Gasteiger charge is -2.35. The van der Waals surface area contributed by atoms with Crippen LogP contribution in [0.2, 0.25) is 0 Å². The van der Waals surface area contributed by atoms with E-state index in [2.05, 4.69) is 17.4 Å². The number of ether oxygens (including phenoxy) is 1. The number of amidine groups is 1. The number of nitrogens with zero attached hydrogens (tertiary/aromatic N) is 2. The monoisotopic (exact) mass is 301 g/mol. The van der Waals surface area contributed by atoms with Crippen LogP contribution in [0.15, 0.2) is 35.3 Å². The van der Waals surface area contributed by atoms with Gasteiger partial charge in [0.25, 0.3) is 0 Å². The summed E-state index contributed by atoms with van der Waals surface area (Å²) in [5.41, 5.74) is 0.642. The maximum atomic E-state index is 12.2. The fourth-order valence-electron chi connectivity index (χ4n) is 2.86. The lowest BCUT2D eigenvalue weighted by molar-refractivity contribution is 0.0188. The first-order chi connectivity index (χ1) is 10.4. The molecule has 0 bridgehead atoms. The molecule has 22 heavy (non-hydrogen) atoms. The number of fused-ring (bicyclic) bond motifs is 1. The van der Waals surface area contributed by atoms with E-state index in [4.69, 9.17) is 9.73 Å². The van der Waals surface area contributed by atoms with E-state index in [-0.39, 0.29) is 18.2 Å². The van der Waals surface area contributed by atoms with Crippen LogP contribution in [-0.4, -0.2) is 47.6 Å². The second kappa shape index (κ2) is 5.63. The summed E-state index contributed by atoms with van der Waals surface area (Å²) in [6, 6.07) is 10.5. The van der Waals surface area contributed by atoms with Crippen LogP contribution < -0.4 is 5.32 Å². The highest BCUT2D eigenvalue weighted by Crippen LogP contribution is 2.22. The Kier molecular flexibility index (Phi) is 3.81. The molecule has 2 heterocycles. The van der Waals surface area contributed by atoms with Gasteiger partial charge in [-0.15, -0.1) is 0 Å². The molecule has 5 nitrogen and oxygen atoms in total. The number of rotatable bonds is 1. The Hall–Kier alpha value is -2.04. The summed E-state index contributed by atoms with van der Waals surface area (Å²) in [6.07, 6.45) is 0.633. The summed E-state index contributed by atoms with van der Waals surface area (Å²) in [5.74, 6) is 0.932. The Morgan fingerprint density at radius 1 is 1.32 bits per heavy atom. The minimum atomic E-state index is -0.456. The molecule has 118 valence electrons. The van der Waals surface area contributed by atoms with Crippen LogP contribution in [0.3, 0.4) is 0 Å². The highest BCUT2D eigenvalue weighted by atomic mass is 16.6. The molecule has 2 atom stereocenters. The molecule has 1 fully saturated rings. The molecule has 2 unspecified atom stereocenters. The van der Waals surface area contributed by atoms with Crippen molar-refractivity contribution < 1.29 is 9.53 Å². The molecule has 1 aromatic carbocycles. The van der Waals surface area contributed by atoms with E-state index < -0.39 is 5.60 Å². The van der Waals surface area contributed by atoms with Crippen molar-refractivity contribution in [1.29, 1.82) is 0 Å². The fourth-order valence-corrected chi connectivity index (χ4v) is 2.86. The third-order valence-electron chi connectivity index (χ3n) is 3.89. The van der Waals surface area contributed by atoms with Crippen molar-refractivity contribution in [2.24, 2.45) is 4.99 Å². The predicted molar refractivity (Wildman–Crippen MR) is 86.1 cm³/mol. The number of amides is 1. The zero-order valence-corrected chi connectivity index (χ0v) is 13.4. The van der Waals surface area contributed by atoms with E-state index >= 15 is 0 Å². The zero-order valence-electron chi connectivity index (χ0n) is 13.4. The molecule has 0 aliphatic carbocycles. The second-order valence-corrected chi connectivity index (χ2v) is 6.88. The van der Waals surface area contributed by atoms with Crippen molar-refractivity contribution in [2.45, 2.75) is 44.9 Å². The molecule has 2 aliphatic rings. The Bertz CT molecular complexity index is 577. The van der Waals surface area contributed by atoms with Gasteiger partial charge in [-0.25, -0.2) is 4.79 Å². The molecule has 0 saturated carbocycles. The summed E-state index contributed by atoms with van der Waals surface area (Å²) in [6.45, 7) is 7.01. The average molecular weight is 301 g/mol. The van der Waals surface area contributed by atoms with Gasteiger partial charge in [-0.1, -0.05) is 30.3 Å².